The van der Waals surface area contributed by atoms with Gasteiger partial charge in [-0.3, -0.25) is 0 Å². The van der Waals surface area contributed by atoms with Crippen LogP contribution in [0.3, 0.4) is 0 Å². The van der Waals surface area contributed by atoms with Crippen LogP contribution in [0, 0.1) is 8.28 Å². The van der Waals surface area contributed by atoms with E-state index in [2.05, 4.69) is 38.5 Å². The summed E-state index contributed by atoms with van der Waals surface area (Å²) in [6, 6.07) is 5.13. The Labute approximate surface area is 107 Å². The van der Waals surface area contributed by atoms with Gasteiger partial charge in [-0.15, -0.1) is 0 Å². The topological polar surface area (TPSA) is 33.4 Å². The predicted molar refractivity (Wildman–Crippen MR) is 69.1 cm³/mol. The summed E-state index contributed by atoms with van der Waals surface area (Å²) >= 11 is 10.4. The third-order valence-corrected chi connectivity index (χ3v) is 3.20. The molecule has 0 unspecified atom stereocenters. The molecular formula is C9H4BrIO2S. The van der Waals surface area contributed by atoms with Crippen molar-refractivity contribution in [3.05, 3.63) is 30.9 Å². The highest BCUT2D eigenvalue weighted by Crippen LogP contribution is 2.31. The molecule has 0 saturated heterocycles. The number of rotatable bonds is 0. The van der Waals surface area contributed by atoms with Gasteiger partial charge in [-0.1, -0.05) is 15.9 Å². The fraction of sp³-hybridized carbons (Fsp3) is 0. The minimum atomic E-state index is 0.149. The Bertz CT molecular complexity index is 564. The molecule has 0 spiro atoms. The van der Waals surface area contributed by atoms with Gasteiger partial charge in [-0.2, -0.15) is 0 Å². The van der Waals surface area contributed by atoms with E-state index in [0.717, 1.165) is 8.04 Å². The van der Waals surface area contributed by atoms with Crippen LogP contribution in [-0.2, 0) is 0 Å². The Morgan fingerprint density at radius 1 is 1.36 bits per heavy atom. The first-order chi connectivity index (χ1) is 6.58. The van der Waals surface area contributed by atoms with Crippen LogP contribution in [0.4, 0.5) is 0 Å². The van der Waals surface area contributed by atoms with Crippen LogP contribution in [0.25, 0.3) is 11.0 Å². The average Bonchev–Trinajstić information content (AvgIpc) is 2.07. The second-order valence-corrected chi connectivity index (χ2v) is 5.20. The number of benzene rings is 1. The Morgan fingerprint density at radius 2 is 2.07 bits per heavy atom. The maximum Gasteiger partial charge on any atom is 0.194 e. The maximum atomic E-state index is 9.65. The van der Waals surface area contributed by atoms with E-state index in [9.17, 15) is 5.11 Å². The summed E-state index contributed by atoms with van der Waals surface area (Å²) in [5.74, 6) is 0.149. The van der Waals surface area contributed by atoms with Crippen LogP contribution in [-0.4, -0.2) is 5.11 Å². The van der Waals surface area contributed by atoms with E-state index in [4.69, 9.17) is 16.6 Å². The van der Waals surface area contributed by atoms with Crippen molar-refractivity contribution in [3.63, 3.8) is 0 Å². The molecule has 1 aromatic carbocycles. The van der Waals surface area contributed by atoms with Gasteiger partial charge < -0.3 is 9.52 Å². The maximum absolute atomic E-state index is 9.65. The van der Waals surface area contributed by atoms with Gasteiger partial charge >= 0.3 is 0 Å². The SMILES string of the molecule is Oc1cc(=S)oc2c(I)cc(Br)cc12. The van der Waals surface area contributed by atoms with Crippen LogP contribution in [0.2, 0.25) is 0 Å². The third kappa shape index (κ3) is 1.80. The molecule has 0 amide bonds. The van der Waals surface area contributed by atoms with Crippen molar-refractivity contribution >= 4 is 61.7 Å². The molecule has 0 aliphatic rings. The minimum absolute atomic E-state index is 0.149. The van der Waals surface area contributed by atoms with Gasteiger partial charge in [0, 0.05) is 10.5 Å². The number of halogens is 2. The monoisotopic (exact) mass is 382 g/mol. The summed E-state index contributed by atoms with van der Waals surface area (Å²) in [4.78, 5) is 0. The zero-order chi connectivity index (χ0) is 10.3. The molecule has 0 saturated carbocycles. The lowest BCUT2D eigenvalue weighted by Gasteiger charge is -2.02. The Hall–Kier alpha value is -0.140. The lowest BCUT2D eigenvalue weighted by atomic mass is 10.2. The number of aromatic hydroxyl groups is 1. The van der Waals surface area contributed by atoms with E-state index in [1.165, 1.54) is 6.07 Å². The average molecular weight is 383 g/mol. The zero-order valence-corrected chi connectivity index (χ0v) is 11.3. The molecule has 0 aliphatic carbocycles. The highest BCUT2D eigenvalue weighted by Gasteiger charge is 2.07. The molecule has 0 aliphatic heterocycles. The van der Waals surface area contributed by atoms with Gasteiger partial charge in [0.1, 0.15) is 5.75 Å². The second-order valence-electron chi connectivity index (χ2n) is 2.71. The molecule has 2 nitrogen and oxygen atoms in total. The molecule has 2 aromatic rings. The largest absolute Gasteiger partial charge is 0.507 e. The molecule has 72 valence electrons. The molecule has 1 heterocycles. The Balaban J connectivity index is 3.01. The molecule has 5 heteroatoms. The summed E-state index contributed by atoms with van der Waals surface area (Å²) in [5, 5.41) is 10.3. The first-order valence-electron chi connectivity index (χ1n) is 3.70. The highest BCUT2D eigenvalue weighted by atomic mass is 127. The predicted octanol–water partition coefficient (Wildman–Crippen LogP) is 4.23. The van der Waals surface area contributed by atoms with Crippen LogP contribution < -0.4 is 0 Å². The fourth-order valence-electron chi connectivity index (χ4n) is 1.17. The summed E-state index contributed by atoms with van der Waals surface area (Å²) in [5.41, 5.74) is 0.624. The van der Waals surface area contributed by atoms with Crippen molar-refractivity contribution in [3.8, 4) is 5.75 Å². The van der Waals surface area contributed by atoms with Crippen molar-refractivity contribution < 1.29 is 9.52 Å². The van der Waals surface area contributed by atoms with Gasteiger partial charge in [-0.25, -0.2) is 0 Å². The molecule has 0 bridgehead atoms. The van der Waals surface area contributed by atoms with Gasteiger partial charge in [0.15, 0.2) is 10.3 Å². The van der Waals surface area contributed by atoms with Crippen molar-refractivity contribution in [2.24, 2.45) is 0 Å². The van der Waals surface area contributed by atoms with E-state index in [1.807, 2.05) is 6.07 Å². The van der Waals surface area contributed by atoms with Crippen molar-refractivity contribution in [1.82, 2.24) is 0 Å². The molecule has 0 radical (unpaired) electrons. The quantitative estimate of drug-likeness (QED) is 0.546. The van der Waals surface area contributed by atoms with Gasteiger partial charge in [0.2, 0.25) is 0 Å². The van der Waals surface area contributed by atoms with E-state index >= 15 is 0 Å². The number of hydrogen-bond donors (Lipinski definition) is 1. The summed E-state index contributed by atoms with van der Waals surface area (Å²) in [7, 11) is 0. The van der Waals surface area contributed by atoms with E-state index in [1.54, 1.807) is 6.07 Å². The lowest BCUT2D eigenvalue weighted by Crippen LogP contribution is -1.80. The standard InChI is InChI=1S/C9H4BrIO2S/c10-4-1-5-7(12)3-8(14)13-9(5)6(11)2-4/h1-3,12H. The summed E-state index contributed by atoms with van der Waals surface area (Å²) < 4.78 is 7.45. The van der Waals surface area contributed by atoms with Crippen molar-refractivity contribution in [2.45, 2.75) is 0 Å². The normalized spacial score (nSPS) is 10.7. The summed E-state index contributed by atoms with van der Waals surface area (Å²) in [6.45, 7) is 0. The van der Waals surface area contributed by atoms with Crippen LogP contribution in [0.1, 0.15) is 0 Å². The van der Waals surface area contributed by atoms with E-state index < -0.39 is 0 Å². The molecule has 2 rings (SSSR count). The van der Waals surface area contributed by atoms with Crippen LogP contribution in [0.15, 0.2) is 27.1 Å². The van der Waals surface area contributed by atoms with Gasteiger partial charge in [0.05, 0.1) is 8.96 Å². The van der Waals surface area contributed by atoms with Gasteiger partial charge in [0.25, 0.3) is 0 Å². The Kier molecular flexibility index (Phi) is 2.81. The lowest BCUT2D eigenvalue weighted by molar-refractivity contribution is 0.471. The van der Waals surface area contributed by atoms with Crippen LogP contribution in [0.5, 0.6) is 5.75 Å². The van der Waals surface area contributed by atoms with E-state index in [-0.39, 0.29) is 10.5 Å². The smallest absolute Gasteiger partial charge is 0.194 e. The minimum Gasteiger partial charge on any atom is -0.507 e. The van der Waals surface area contributed by atoms with Gasteiger partial charge in [-0.05, 0) is 46.9 Å². The van der Waals surface area contributed by atoms with Crippen molar-refractivity contribution in [1.29, 1.82) is 0 Å². The second kappa shape index (κ2) is 3.79. The molecule has 0 atom stereocenters. The fourth-order valence-corrected chi connectivity index (χ4v) is 2.99. The van der Waals surface area contributed by atoms with E-state index in [0.29, 0.717) is 11.0 Å². The van der Waals surface area contributed by atoms with Crippen LogP contribution >= 0.6 is 50.7 Å². The highest BCUT2D eigenvalue weighted by molar-refractivity contribution is 14.1. The third-order valence-electron chi connectivity index (χ3n) is 1.74. The molecule has 1 N–H and O–H groups in total. The number of fused-ring (bicyclic) bond motifs is 1. The number of hydrogen-bond acceptors (Lipinski definition) is 3. The molecule has 1 aromatic heterocycles. The molecular weight excluding hydrogens is 379 g/mol. The van der Waals surface area contributed by atoms with Crippen molar-refractivity contribution in [2.75, 3.05) is 0 Å². The first kappa shape index (κ1) is 10.4. The zero-order valence-electron chi connectivity index (χ0n) is 6.75. The molecule has 0 fully saturated rings. The Morgan fingerprint density at radius 3 is 2.79 bits per heavy atom. The molecule has 14 heavy (non-hydrogen) atoms. The first-order valence-corrected chi connectivity index (χ1v) is 5.98. The summed E-state index contributed by atoms with van der Waals surface area (Å²) in [6.07, 6.45) is 0.